The van der Waals surface area contributed by atoms with E-state index in [1.54, 1.807) is 7.11 Å². The van der Waals surface area contributed by atoms with Crippen LogP contribution in [-0.2, 0) is 11.2 Å². The zero-order valence-electron chi connectivity index (χ0n) is 14.5. The molecule has 1 atom stereocenters. The number of hydrogen-bond donors (Lipinski definition) is 1. The number of nitrogens with one attached hydrogen (secondary N) is 1. The van der Waals surface area contributed by atoms with E-state index in [0.29, 0.717) is 24.4 Å². The van der Waals surface area contributed by atoms with Gasteiger partial charge in [-0.15, -0.1) is 11.3 Å². The highest BCUT2D eigenvalue weighted by molar-refractivity contribution is 7.13. The number of rotatable bonds is 6. The molecule has 2 aromatic rings. The molecule has 1 saturated heterocycles. The molecule has 0 bridgehead atoms. The van der Waals surface area contributed by atoms with Crippen molar-refractivity contribution < 1.29 is 14.3 Å². The Hall–Kier alpha value is -2.34. The van der Waals surface area contributed by atoms with Crippen LogP contribution in [-0.4, -0.2) is 43.0 Å². The average Bonchev–Trinajstić information content (AvgIpc) is 3.19. The fraction of sp³-hybridized carbons (Fsp3) is 0.368. The second kappa shape index (κ2) is 7.70. The third-order valence-corrected chi connectivity index (χ3v) is 5.34. The molecule has 0 aliphatic carbocycles. The molecule has 25 heavy (non-hydrogen) atoms. The number of ether oxygens (including phenoxy) is 1. The highest BCUT2D eigenvalue weighted by atomic mass is 32.1. The summed E-state index contributed by atoms with van der Waals surface area (Å²) in [4.78, 5) is 28.0. The lowest BCUT2D eigenvalue weighted by molar-refractivity contribution is -0.127. The molecule has 1 fully saturated rings. The van der Waals surface area contributed by atoms with Crippen LogP contribution in [0.15, 0.2) is 36.4 Å². The molecule has 1 aliphatic rings. The van der Waals surface area contributed by atoms with Crippen LogP contribution in [0, 0.1) is 6.92 Å². The molecule has 6 heteroatoms. The maximum absolute atomic E-state index is 12.2. The lowest BCUT2D eigenvalue weighted by Gasteiger charge is -2.17. The van der Waals surface area contributed by atoms with Crippen LogP contribution in [0.25, 0.3) is 0 Å². The molecular weight excluding hydrogens is 336 g/mol. The van der Waals surface area contributed by atoms with E-state index in [9.17, 15) is 9.59 Å². The third kappa shape index (κ3) is 4.39. The molecule has 5 nitrogen and oxygen atoms in total. The highest BCUT2D eigenvalue weighted by Gasteiger charge is 2.30. The summed E-state index contributed by atoms with van der Waals surface area (Å²) >= 11 is 1.47. The SMILES string of the molecule is COc1ccc(CCN2C[C@H](NC(=O)c3ccc(C)s3)CC2=O)cc1. The predicted octanol–water partition coefficient (Wildman–Crippen LogP) is 2.64. The van der Waals surface area contributed by atoms with Gasteiger partial charge in [0, 0.05) is 24.4 Å². The van der Waals surface area contributed by atoms with Crippen molar-refractivity contribution in [2.24, 2.45) is 0 Å². The number of aryl methyl sites for hydroxylation is 1. The minimum atomic E-state index is -0.113. The standard InChI is InChI=1S/C19H22N2O3S/c1-13-3-8-17(25-13)19(23)20-15-11-18(22)21(12-15)10-9-14-4-6-16(24-2)7-5-14/h3-8,15H,9-12H2,1-2H3,(H,20,23)/t15-/m1/s1. The predicted molar refractivity (Wildman–Crippen MR) is 98.2 cm³/mol. The van der Waals surface area contributed by atoms with Crippen LogP contribution < -0.4 is 10.1 Å². The van der Waals surface area contributed by atoms with Crippen LogP contribution in [0.4, 0.5) is 0 Å². The van der Waals surface area contributed by atoms with Gasteiger partial charge in [0.25, 0.3) is 5.91 Å². The van der Waals surface area contributed by atoms with Gasteiger partial charge in [-0.25, -0.2) is 0 Å². The molecule has 0 spiro atoms. The summed E-state index contributed by atoms with van der Waals surface area (Å²) < 4.78 is 5.15. The van der Waals surface area contributed by atoms with E-state index in [-0.39, 0.29) is 17.9 Å². The summed E-state index contributed by atoms with van der Waals surface area (Å²) in [6.07, 6.45) is 1.17. The topological polar surface area (TPSA) is 58.6 Å². The van der Waals surface area contributed by atoms with Gasteiger partial charge in [-0.1, -0.05) is 12.1 Å². The smallest absolute Gasteiger partial charge is 0.261 e. The Morgan fingerprint density at radius 3 is 2.68 bits per heavy atom. The molecule has 1 aromatic carbocycles. The van der Waals surface area contributed by atoms with Crippen LogP contribution in [0.2, 0.25) is 0 Å². The second-order valence-corrected chi connectivity index (χ2v) is 7.51. The number of carbonyl (C=O) groups excluding carboxylic acids is 2. The molecule has 0 saturated carbocycles. The van der Waals surface area contributed by atoms with Gasteiger partial charge in [0.1, 0.15) is 5.75 Å². The van der Waals surface area contributed by atoms with E-state index >= 15 is 0 Å². The van der Waals surface area contributed by atoms with Crippen molar-refractivity contribution in [2.75, 3.05) is 20.2 Å². The molecule has 1 N–H and O–H groups in total. The zero-order chi connectivity index (χ0) is 17.8. The van der Waals surface area contributed by atoms with E-state index in [1.807, 2.05) is 48.2 Å². The second-order valence-electron chi connectivity index (χ2n) is 6.22. The van der Waals surface area contributed by atoms with Gasteiger partial charge in [0.2, 0.25) is 5.91 Å². The van der Waals surface area contributed by atoms with E-state index in [4.69, 9.17) is 4.74 Å². The molecule has 1 aliphatic heterocycles. The molecule has 1 aromatic heterocycles. The van der Waals surface area contributed by atoms with Gasteiger partial charge < -0.3 is 15.0 Å². The Morgan fingerprint density at radius 1 is 1.28 bits per heavy atom. The van der Waals surface area contributed by atoms with Crippen LogP contribution >= 0.6 is 11.3 Å². The molecule has 0 unspecified atom stereocenters. The Balaban J connectivity index is 1.50. The van der Waals surface area contributed by atoms with Crippen LogP contribution in [0.5, 0.6) is 5.75 Å². The van der Waals surface area contributed by atoms with Crippen molar-refractivity contribution in [3.05, 3.63) is 51.7 Å². The van der Waals surface area contributed by atoms with Crippen molar-refractivity contribution in [1.82, 2.24) is 10.2 Å². The van der Waals surface area contributed by atoms with Crippen LogP contribution in [0.1, 0.15) is 26.5 Å². The quantitative estimate of drug-likeness (QED) is 0.864. The first kappa shape index (κ1) is 17.5. The van der Waals surface area contributed by atoms with E-state index in [2.05, 4.69) is 5.32 Å². The monoisotopic (exact) mass is 358 g/mol. The number of thiophene rings is 1. The number of benzene rings is 1. The van der Waals surface area contributed by atoms with Gasteiger partial charge in [0.05, 0.1) is 18.0 Å². The number of methoxy groups -OCH3 is 1. The van der Waals surface area contributed by atoms with E-state index in [0.717, 1.165) is 22.6 Å². The molecule has 2 heterocycles. The van der Waals surface area contributed by atoms with Crippen molar-refractivity contribution in [2.45, 2.75) is 25.8 Å². The van der Waals surface area contributed by atoms with Gasteiger partial charge in [0.15, 0.2) is 0 Å². The van der Waals surface area contributed by atoms with Crippen molar-refractivity contribution >= 4 is 23.2 Å². The first-order valence-electron chi connectivity index (χ1n) is 8.33. The number of carbonyl (C=O) groups is 2. The minimum Gasteiger partial charge on any atom is -0.497 e. The molecule has 0 radical (unpaired) electrons. The summed E-state index contributed by atoms with van der Waals surface area (Å²) in [5.74, 6) is 0.835. The van der Waals surface area contributed by atoms with Gasteiger partial charge >= 0.3 is 0 Å². The molecule has 132 valence electrons. The van der Waals surface area contributed by atoms with Crippen molar-refractivity contribution in [1.29, 1.82) is 0 Å². The first-order chi connectivity index (χ1) is 12.0. The fourth-order valence-corrected chi connectivity index (χ4v) is 3.72. The maximum Gasteiger partial charge on any atom is 0.261 e. The number of likely N-dealkylation sites (tertiary alicyclic amines) is 1. The lowest BCUT2D eigenvalue weighted by Crippen LogP contribution is -2.37. The highest BCUT2D eigenvalue weighted by Crippen LogP contribution is 2.18. The van der Waals surface area contributed by atoms with Crippen LogP contribution in [0.3, 0.4) is 0 Å². The average molecular weight is 358 g/mol. The first-order valence-corrected chi connectivity index (χ1v) is 9.15. The third-order valence-electron chi connectivity index (χ3n) is 4.34. The maximum atomic E-state index is 12.2. The summed E-state index contributed by atoms with van der Waals surface area (Å²) in [7, 11) is 1.64. The molecule has 2 amide bonds. The van der Waals surface area contributed by atoms with Gasteiger partial charge in [-0.3, -0.25) is 9.59 Å². The van der Waals surface area contributed by atoms with Gasteiger partial charge in [-0.2, -0.15) is 0 Å². The number of hydrogen-bond acceptors (Lipinski definition) is 4. The Labute approximate surface area is 151 Å². The number of amides is 2. The fourth-order valence-electron chi connectivity index (χ4n) is 2.95. The normalized spacial score (nSPS) is 17.0. The van der Waals surface area contributed by atoms with Crippen molar-refractivity contribution in [3.8, 4) is 5.75 Å². The van der Waals surface area contributed by atoms with E-state index < -0.39 is 0 Å². The Bertz CT molecular complexity index is 754. The largest absolute Gasteiger partial charge is 0.497 e. The summed E-state index contributed by atoms with van der Waals surface area (Å²) in [6.45, 7) is 3.21. The summed E-state index contributed by atoms with van der Waals surface area (Å²) in [5, 5.41) is 2.97. The summed E-state index contributed by atoms with van der Waals surface area (Å²) in [6, 6.07) is 11.5. The molecular formula is C19H22N2O3S. The van der Waals surface area contributed by atoms with Gasteiger partial charge in [-0.05, 0) is 43.2 Å². The lowest BCUT2D eigenvalue weighted by atomic mass is 10.1. The van der Waals surface area contributed by atoms with Crippen molar-refractivity contribution in [3.63, 3.8) is 0 Å². The Morgan fingerprint density at radius 2 is 2.04 bits per heavy atom. The minimum absolute atomic E-state index is 0.0899. The Kier molecular flexibility index (Phi) is 5.38. The molecule has 3 rings (SSSR count). The van der Waals surface area contributed by atoms with E-state index in [1.165, 1.54) is 11.3 Å². The zero-order valence-corrected chi connectivity index (χ0v) is 15.3. The summed E-state index contributed by atoms with van der Waals surface area (Å²) in [5.41, 5.74) is 1.16. The number of nitrogens with zero attached hydrogens (tertiary/aromatic N) is 1.